The van der Waals surface area contributed by atoms with Crippen molar-refractivity contribution in [2.24, 2.45) is 0 Å². The molecule has 1 saturated heterocycles. The average Bonchev–Trinajstić information content (AvgIpc) is 3.15. The predicted octanol–water partition coefficient (Wildman–Crippen LogP) is 2.14. The van der Waals surface area contributed by atoms with Crippen LogP contribution >= 0.6 is 0 Å². The third-order valence-electron chi connectivity index (χ3n) is 3.85. The van der Waals surface area contributed by atoms with Crippen LogP contribution in [0.2, 0.25) is 0 Å². The topological polar surface area (TPSA) is 87.9 Å². The van der Waals surface area contributed by atoms with Gasteiger partial charge >= 0.3 is 6.18 Å². The normalized spacial score (nSPS) is 19.1. The molecule has 0 spiro atoms. The fourth-order valence-electron chi connectivity index (χ4n) is 2.65. The Morgan fingerprint density at radius 2 is 2.22 bits per heavy atom. The molecule has 1 unspecified atom stereocenters. The second-order valence-electron chi connectivity index (χ2n) is 5.47. The highest BCUT2D eigenvalue weighted by atomic mass is 19.4. The number of H-pyrrole nitrogens is 1. The van der Waals surface area contributed by atoms with Crippen molar-refractivity contribution in [3.05, 3.63) is 29.1 Å². The smallest absolute Gasteiger partial charge is 0.338 e. The van der Waals surface area contributed by atoms with Crippen LogP contribution in [0, 0.1) is 6.92 Å². The Bertz CT molecular complexity index is 709. The van der Waals surface area contributed by atoms with Crippen LogP contribution in [0.3, 0.4) is 0 Å². The number of hydrogen-bond acceptors (Lipinski definition) is 5. The number of amides is 1. The number of nitrogens with one attached hydrogen (secondary N) is 1. The van der Waals surface area contributed by atoms with E-state index in [1.54, 1.807) is 6.92 Å². The number of carbonyl (C=O) groups excluding carboxylic acids is 1. The van der Waals surface area contributed by atoms with Gasteiger partial charge in [0, 0.05) is 19.0 Å². The van der Waals surface area contributed by atoms with E-state index < -0.39 is 11.9 Å². The molecule has 10 heteroatoms. The van der Waals surface area contributed by atoms with Crippen LogP contribution in [0.1, 0.15) is 46.5 Å². The standard InChI is InChI=1S/C13H14F3N5O2/c1-7-10(20-23-19-7)12(22)21-4-2-3-8(6-21)11-17-5-9(18-11)13(14,15)16/h5,8H,2-4,6H2,1H3,(H,17,18). The third kappa shape index (κ3) is 3.06. The molecule has 7 nitrogen and oxygen atoms in total. The van der Waals surface area contributed by atoms with Gasteiger partial charge in [-0.05, 0) is 24.9 Å². The number of aromatic amines is 1. The predicted molar refractivity (Wildman–Crippen MR) is 70.5 cm³/mol. The number of hydrogen-bond donors (Lipinski definition) is 1. The molecule has 0 bridgehead atoms. The Morgan fingerprint density at radius 3 is 2.83 bits per heavy atom. The van der Waals surface area contributed by atoms with Crippen molar-refractivity contribution in [3.8, 4) is 0 Å². The Hall–Kier alpha value is -2.39. The van der Waals surface area contributed by atoms with E-state index in [1.807, 2.05) is 0 Å². The lowest BCUT2D eigenvalue weighted by atomic mass is 9.97. The van der Waals surface area contributed by atoms with Gasteiger partial charge in [0.05, 0.1) is 6.20 Å². The van der Waals surface area contributed by atoms with E-state index in [9.17, 15) is 18.0 Å². The van der Waals surface area contributed by atoms with Crippen molar-refractivity contribution in [2.75, 3.05) is 13.1 Å². The van der Waals surface area contributed by atoms with Crippen LogP contribution in [-0.4, -0.2) is 44.2 Å². The van der Waals surface area contributed by atoms with Crippen molar-refractivity contribution >= 4 is 5.91 Å². The number of imidazole rings is 1. The van der Waals surface area contributed by atoms with Gasteiger partial charge in [-0.25, -0.2) is 9.61 Å². The summed E-state index contributed by atoms with van der Waals surface area (Å²) in [5, 5.41) is 7.14. The van der Waals surface area contributed by atoms with E-state index >= 15 is 0 Å². The molecule has 1 fully saturated rings. The summed E-state index contributed by atoms with van der Waals surface area (Å²) in [5.74, 6) is -0.371. The zero-order chi connectivity index (χ0) is 16.6. The molecule has 1 amide bonds. The van der Waals surface area contributed by atoms with Crippen molar-refractivity contribution < 1.29 is 22.6 Å². The first-order valence-electron chi connectivity index (χ1n) is 7.07. The number of likely N-dealkylation sites (tertiary alicyclic amines) is 1. The van der Waals surface area contributed by atoms with Gasteiger partial charge in [-0.2, -0.15) is 13.2 Å². The molecule has 3 rings (SSSR count). The first-order chi connectivity index (χ1) is 10.9. The summed E-state index contributed by atoms with van der Waals surface area (Å²) in [6.45, 7) is 2.39. The van der Waals surface area contributed by atoms with E-state index in [2.05, 4.69) is 24.9 Å². The molecule has 1 N–H and O–H groups in total. The summed E-state index contributed by atoms with van der Waals surface area (Å²) < 4.78 is 42.4. The monoisotopic (exact) mass is 329 g/mol. The molecule has 0 aliphatic carbocycles. The molecule has 23 heavy (non-hydrogen) atoms. The lowest BCUT2D eigenvalue weighted by molar-refractivity contribution is -0.141. The Kier molecular flexibility index (Phi) is 3.82. The van der Waals surface area contributed by atoms with Crippen LogP contribution in [0.5, 0.6) is 0 Å². The summed E-state index contributed by atoms with van der Waals surface area (Å²) in [7, 11) is 0. The number of rotatable bonds is 2. The maximum atomic E-state index is 12.6. The quantitative estimate of drug-likeness (QED) is 0.912. The fraction of sp³-hybridized carbons (Fsp3) is 0.538. The summed E-state index contributed by atoms with van der Waals surface area (Å²) >= 11 is 0. The minimum atomic E-state index is -4.46. The maximum absolute atomic E-state index is 12.6. The van der Waals surface area contributed by atoms with Gasteiger partial charge in [-0.15, -0.1) is 0 Å². The molecule has 0 radical (unpaired) electrons. The van der Waals surface area contributed by atoms with Gasteiger partial charge in [-0.1, -0.05) is 5.16 Å². The molecule has 1 atom stereocenters. The highest BCUT2D eigenvalue weighted by Gasteiger charge is 2.35. The van der Waals surface area contributed by atoms with E-state index in [-0.39, 0.29) is 29.9 Å². The van der Waals surface area contributed by atoms with Crippen LogP contribution in [0.15, 0.2) is 10.8 Å². The van der Waals surface area contributed by atoms with Crippen LogP contribution in [-0.2, 0) is 6.18 Å². The fourth-order valence-corrected chi connectivity index (χ4v) is 2.65. The zero-order valence-electron chi connectivity index (χ0n) is 12.2. The molecular formula is C13H14F3N5O2. The number of piperidine rings is 1. The van der Waals surface area contributed by atoms with Gasteiger partial charge in [-0.3, -0.25) is 4.79 Å². The number of alkyl halides is 3. The maximum Gasteiger partial charge on any atom is 0.432 e. The number of aromatic nitrogens is 4. The summed E-state index contributed by atoms with van der Waals surface area (Å²) in [6, 6.07) is 0. The molecule has 1 aliphatic rings. The summed E-state index contributed by atoms with van der Waals surface area (Å²) in [6.07, 6.45) is -2.35. The number of carbonyl (C=O) groups is 1. The van der Waals surface area contributed by atoms with Crippen molar-refractivity contribution in [2.45, 2.75) is 31.9 Å². The average molecular weight is 329 g/mol. The molecule has 2 aromatic heterocycles. The second-order valence-corrected chi connectivity index (χ2v) is 5.47. The largest absolute Gasteiger partial charge is 0.432 e. The lowest BCUT2D eigenvalue weighted by Crippen LogP contribution is -2.39. The van der Waals surface area contributed by atoms with Crippen LogP contribution in [0.4, 0.5) is 13.2 Å². The number of halogens is 3. The highest BCUT2D eigenvalue weighted by Crippen LogP contribution is 2.31. The van der Waals surface area contributed by atoms with E-state index in [4.69, 9.17) is 0 Å². The SMILES string of the molecule is Cc1nonc1C(=O)N1CCCC(c2ncc(C(F)(F)F)[nH]2)C1. The molecule has 3 heterocycles. The van der Waals surface area contributed by atoms with Gasteiger partial charge in [0.15, 0.2) is 5.69 Å². The summed E-state index contributed by atoms with van der Waals surface area (Å²) in [5.41, 5.74) is -0.372. The summed E-state index contributed by atoms with van der Waals surface area (Å²) in [4.78, 5) is 20.0. The van der Waals surface area contributed by atoms with Gasteiger partial charge in [0.25, 0.3) is 5.91 Å². The second kappa shape index (κ2) is 5.67. The minimum Gasteiger partial charge on any atom is -0.338 e. The van der Waals surface area contributed by atoms with Crippen molar-refractivity contribution in [3.63, 3.8) is 0 Å². The van der Waals surface area contributed by atoms with Gasteiger partial charge < -0.3 is 9.88 Å². The zero-order valence-corrected chi connectivity index (χ0v) is 12.2. The van der Waals surface area contributed by atoms with E-state index in [0.717, 1.165) is 6.20 Å². The first-order valence-corrected chi connectivity index (χ1v) is 7.07. The van der Waals surface area contributed by atoms with E-state index in [1.165, 1.54) is 4.90 Å². The van der Waals surface area contributed by atoms with Crippen molar-refractivity contribution in [1.82, 2.24) is 25.2 Å². The molecule has 0 aromatic carbocycles. The Labute approximate surface area is 128 Å². The third-order valence-corrected chi connectivity index (χ3v) is 3.85. The molecular weight excluding hydrogens is 315 g/mol. The molecule has 124 valence electrons. The Morgan fingerprint density at radius 1 is 1.43 bits per heavy atom. The molecule has 2 aromatic rings. The minimum absolute atomic E-state index is 0.126. The number of aryl methyl sites for hydroxylation is 1. The van der Waals surface area contributed by atoms with E-state index in [0.29, 0.717) is 25.1 Å². The van der Waals surface area contributed by atoms with Crippen molar-refractivity contribution in [1.29, 1.82) is 0 Å². The van der Waals surface area contributed by atoms with Gasteiger partial charge in [0.2, 0.25) is 0 Å². The number of nitrogens with zero attached hydrogens (tertiary/aromatic N) is 4. The molecule has 1 aliphatic heterocycles. The Balaban J connectivity index is 1.75. The lowest BCUT2D eigenvalue weighted by Gasteiger charge is -2.31. The molecule has 0 saturated carbocycles. The first kappa shape index (κ1) is 15.5. The van der Waals surface area contributed by atoms with Gasteiger partial charge in [0.1, 0.15) is 17.2 Å². The highest BCUT2D eigenvalue weighted by molar-refractivity contribution is 5.93. The van der Waals surface area contributed by atoms with Crippen LogP contribution < -0.4 is 0 Å². The van der Waals surface area contributed by atoms with Crippen LogP contribution in [0.25, 0.3) is 0 Å².